The quantitative estimate of drug-likeness (QED) is 0.831. The average Bonchev–Trinajstić information content (AvgIpc) is 3.20. The van der Waals surface area contributed by atoms with Gasteiger partial charge in [-0.25, -0.2) is 4.98 Å². The largest absolute Gasteiger partial charge is 0.359 e. The van der Waals surface area contributed by atoms with Crippen LogP contribution in [0.4, 0.5) is 10.8 Å². The molecule has 0 atom stereocenters. The molecule has 0 saturated heterocycles. The summed E-state index contributed by atoms with van der Waals surface area (Å²) in [7, 11) is 0. The Labute approximate surface area is 141 Å². The number of anilines is 2. The van der Waals surface area contributed by atoms with Crippen molar-refractivity contribution in [2.45, 2.75) is 45.6 Å². The van der Waals surface area contributed by atoms with Gasteiger partial charge in [0, 0.05) is 28.6 Å². The molecule has 0 unspecified atom stereocenters. The van der Waals surface area contributed by atoms with Gasteiger partial charge in [0.1, 0.15) is 0 Å². The third-order valence-corrected chi connectivity index (χ3v) is 4.93. The molecule has 2 N–H and O–H groups in total. The number of carbonyl (C=O) groups excluding carboxylic acids is 1. The van der Waals surface area contributed by atoms with Crippen LogP contribution >= 0.6 is 11.3 Å². The summed E-state index contributed by atoms with van der Waals surface area (Å²) < 4.78 is 0. The third-order valence-electron chi connectivity index (χ3n) is 4.16. The number of hydrogen-bond donors (Lipinski definition) is 2. The zero-order valence-corrected chi connectivity index (χ0v) is 14.5. The second-order valence-corrected chi connectivity index (χ2v) is 7.24. The molecule has 0 spiro atoms. The van der Waals surface area contributed by atoms with Crippen molar-refractivity contribution in [2.75, 3.05) is 10.6 Å². The van der Waals surface area contributed by atoms with E-state index in [0.29, 0.717) is 6.04 Å². The minimum Gasteiger partial charge on any atom is -0.359 e. The monoisotopic (exact) mass is 329 g/mol. The SMILES string of the molecule is CC(C)C(=O)Nc1ccc(-c2csc(NC3CCCC3)n2)cc1. The van der Waals surface area contributed by atoms with E-state index < -0.39 is 0 Å². The number of hydrogen-bond acceptors (Lipinski definition) is 4. The number of aromatic nitrogens is 1. The highest BCUT2D eigenvalue weighted by atomic mass is 32.1. The summed E-state index contributed by atoms with van der Waals surface area (Å²) >= 11 is 1.66. The lowest BCUT2D eigenvalue weighted by Crippen LogP contribution is -2.17. The van der Waals surface area contributed by atoms with Gasteiger partial charge in [0.05, 0.1) is 5.69 Å². The van der Waals surface area contributed by atoms with Crippen molar-refractivity contribution in [3.8, 4) is 11.3 Å². The Morgan fingerprint density at radius 1 is 1.22 bits per heavy atom. The molecule has 0 aliphatic heterocycles. The normalized spacial score (nSPS) is 15.1. The van der Waals surface area contributed by atoms with E-state index in [4.69, 9.17) is 0 Å². The van der Waals surface area contributed by atoms with Gasteiger partial charge in [-0.2, -0.15) is 0 Å². The van der Waals surface area contributed by atoms with Crippen LogP contribution < -0.4 is 10.6 Å². The van der Waals surface area contributed by atoms with Gasteiger partial charge in [-0.15, -0.1) is 11.3 Å². The molecule has 4 nitrogen and oxygen atoms in total. The Morgan fingerprint density at radius 2 is 1.91 bits per heavy atom. The summed E-state index contributed by atoms with van der Waals surface area (Å²) in [6, 6.07) is 8.45. The van der Waals surface area contributed by atoms with E-state index in [-0.39, 0.29) is 11.8 Å². The molecule has 23 heavy (non-hydrogen) atoms. The summed E-state index contributed by atoms with van der Waals surface area (Å²) in [5.74, 6) is 0.0203. The van der Waals surface area contributed by atoms with E-state index in [1.165, 1.54) is 25.7 Å². The first-order valence-electron chi connectivity index (χ1n) is 8.25. The Kier molecular flexibility index (Phi) is 4.96. The molecule has 122 valence electrons. The van der Waals surface area contributed by atoms with Gasteiger partial charge in [0.2, 0.25) is 5.91 Å². The van der Waals surface area contributed by atoms with Crippen LogP contribution in [0.15, 0.2) is 29.6 Å². The standard InChI is InChI=1S/C18H23N3OS/c1-12(2)17(22)19-15-9-7-13(8-10-15)16-11-23-18(21-16)20-14-5-3-4-6-14/h7-12,14H,3-6H2,1-2H3,(H,19,22)(H,20,21). The summed E-state index contributed by atoms with van der Waals surface area (Å²) in [4.78, 5) is 16.4. The molecular formula is C18H23N3OS. The highest BCUT2D eigenvalue weighted by Gasteiger charge is 2.16. The van der Waals surface area contributed by atoms with Crippen molar-refractivity contribution < 1.29 is 4.79 Å². The second kappa shape index (κ2) is 7.13. The Bertz CT molecular complexity index is 657. The fourth-order valence-corrected chi connectivity index (χ4v) is 3.53. The van der Waals surface area contributed by atoms with Crippen LogP contribution in [0.25, 0.3) is 11.3 Å². The summed E-state index contributed by atoms with van der Waals surface area (Å²) in [5, 5.41) is 9.52. The molecule has 1 aliphatic rings. The summed E-state index contributed by atoms with van der Waals surface area (Å²) in [5.41, 5.74) is 2.88. The van der Waals surface area contributed by atoms with E-state index in [1.807, 2.05) is 38.1 Å². The molecule has 5 heteroatoms. The van der Waals surface area contributed by atoms with Gasteiger partial charge in [-0.3, -0.25) is 4.79 Å². The van der Waals surface area contributed by atoms with Crippen LogP contribution in [0.3, 0.4) is 0 Å². The molecule has 3 rings (SSSR count). The number of rotatable bonds is 5. The van der Waals surface area contributed by atoms with Crippen LogP contribution in [0.1, 0.15) is 39.5 Å². The van der Waals surface area contributed by atoms with Crippen LogP contribution in [0.5, 0.6) is 0 Å². The van der Waals surface area contributed by atoms with Crippen molar-refractivity contribution in [3.05, 3.63) is 29.6 Å². The van der Waals surface area contributed by atoms with Gasteiger partial charge in [0.25, 0.3) is 0 Å². The number of benzene rings is 1. The highest BCUT2D eigenvalue weighted by Crippen LogP contribution is 2.28. The van der Waals surface area contributed by atoms with E-state index >= 15 is 0 Å². The van der Waals surface area contributed by atoms with E-state index in [2.05, 4.69) is 21.0 Å². The van der Waals surface area contributed by atoms with Gasteiger partial charge in [-0.1, -0.05) is 38.8 Å². The maximum atomic E-state index is 11.7. The molecule has 0 bridgehead atoms. The first-order valence-corrected chi connectivity index (χ1v) is 9.13. The zero-order chi connectivity index (χ0) is 16.2. The zero-order valence-electron chi connectivity index (χ0n) is 13.6. The average molecular weight is 329 g/mol. The van der Waals surface area contributed by atoms with Crippen LogP contribution in [0, 0.1) is 5.92 Å². The van der Waals surface area contributed by atoms with Gasteiger partial charge in [-0.05, 0) is 25.0 Å². The number of carbonyl (C=O) groups is 1. The molecule has 1 amide bonds. The summed E-state index contributed by atoms with van der Waals surface area (Å²) in [6.07, 6.45) is 5.14. The first kappa shape index (κ1) is 16.0. The topological polar surface area (TPSA) is 54.0 Å². The third kappa shape index (κ3) is 4.10. The van der Waals surface area contributed by atoms with Gasteiger partial charge in [0.15, 0.2) is 5.13 Å². The Hall–Kier alpha value is -1.88. The molecule has 1 aromatic heterocycles. The second-order valence-electron chi connectivity index (χ2n) is 6.38. The number of nitrogens with zero attached hydrogens (tertiary/aromatic N) is 1. The van der Waals surface area contributed by atoms with Crippen molar-refractivity contribution in [1.82, 2.24) is 4.98 Å². The molecule has 1 aromatic carbocycles. The lowest BCUT2D eigenvalue weighted by molar-refractivity contribution is -0.118. The minimum absolute atomic E-state index is 0.0163. The van der Waals surface area contributed by atoms with E-state index in [1.54, 1.807) is 11.3 Å². The molecule has 1 saturated carbocycles. The van der Waals surface area contributed by atoms with Gasteiger partial charge < -0.3 is 10.6 Å². The molecule has 0 radical (unpaired) electrons. The lowest BCUT2D eigenvalue weighted by atomic mass is 10.1. The molecule has 1 fully saturated rings. The van der Waals surface area contributed by atoms with Crippen molar-refractivity contribution in [2.24, 2.45) is 5.92 Å². The maximum Gasteiger partial charge on any atom is 0.226 e. The number of nitrogens with one attached hydrogen (secondary N) is 2. The minimum atomic E-state index is -0.0163. The van der Waals surface area contributed by atoms with Crippen LogP contribution in [0.2, 0.25) is 0 Å². The van der Waals surface area contributed by atoms with Crippen molar-refractivity contribution in [3.63, 3.8) is 0 Å². The molecule has 1 aliphatic carbocycles. The van der Waals surface area contributed by atoms with E-state index in [0.717, 1.165) is 22.1 Å². The highest BCUT2D eigenvalue weighted by molar-refractivity contribution is 7.14. The van der Waals surface area contributed by atoms with Crippen LogP contribution in [-0.4, -0.2) is 16.9 Å². The smallest absolute Gasteiger partial charge is 0.226 e. The van der Waals surface area contributed by atoms with Crippen molar-refractivity contribution >= 4 is 28.1 Å². The lowest BCUT2D eigenvalue weighted by Gasteiger charge is -2.09. The molecular weight excluding hydrogens is 306 g/mol. The number of thiazole rings is 1. The fourth-order valence-electron chi connectivity index (χ4n) is 2.73. The molecule has 1 heterocycles. The Balaban J connectivity index is 1.65. The predicted octanol–water partition coefficient (Wildman–Crippen LogP) is 4.76. The van der Waals surface area contributed by atoms with Gasteiger partial charge >= 0.3 is 0 Å². The predicted molar refractivity (Wildman–Crippen MR) is 96.9 cm³/mol. The summed E-state index contributed by atoms with van der Waals surface area (Å²) in [6.45, 7) is 3.77. The Morgan fingerprint density at radius 3 is 2.57 bits per heavy atom. The first-order chi connectivity index (χ1) is 11.1. The molecule has 2 aromatic rings. The van der Waals surface area contributed by atoms with Crippen LogP contribution in [-0.2, 0) is 4.79 Å². The van der Waals surface area contributed by atoms with E-state index in [9.17, 15) is 4.79 Å². The fraction of sp³-hybridized carbons (Fsp3) is 0.444. The maximum absolute atomic E-state index is 11.7. The van der Waals surface area contributed by atoms with Crippen molar-refractivity contribution in [1.29, 1.82) is 0 Å². The number of amides is 1.